The Morgan fingerprint density at radius 3 is 2.41 bits per heavy atom. The highest BCUT2D eigenvalue weighted by Crippen LogP contribution is 2.34. The first kappa shape index (κ1) is 19.9. The highest BCUT2D eigenvalue weighted by Gasteiger charge is 2.19. The molecule has 3 heterocycles. The van der Waals surface area contributed by atoms with Gasteiger partial charge in [-0.15, -0.1) is 0 Å². The van der Waals surface area contributed by atoms with Gasteiger partial charge in [-0.2, -0.15) is 0 Å². The maximum atomic E-state index is 13.6. The van der Waals surface area contributed by atoms with Crippen LogP contribution in [0.25, 0.3) is 44.9 Å². The van der Waals surface area contributed by atoms with Gasteiger partial charge in [0.1, 0.15) is 11.6 Å². The second-order valence-electron chi connectivity index (χ2n) is 8.07. The molecule has 0 atom stereocenters. The average molecular weight is 427 g/mol. The summed E-state index contributed by atoms with van der Waals surface area (Å²) >= 11 is 0. The smallest absolute Gasteiger partial charge is 0.329 e. The molecule has 0 bridgehead atoms. The Bertz CT molecular complexity index is 1480. The molecule has 5 rings (SSSR count). The zero-order valence-corrected chi connectivity index (χ0v) is 18.0. The molecule has 0 amide bonds. The summed E-state index contributed by atoms with van der Waals surface area (Å²) in [4.78, 5) is 25.2. The number of hydrogen-bond donors (Lipinski definition) is 1. The lowest BCUT2D eigenvalue weighted by molar-refractivity contribution is 0.583. The number of rotatable bonds is 4. The van der Waals surface area contributed by atoms with E-state index in [1.807, 2.05) is 44.2 Å². The second kappa shape index (κ2) is 7.60. The van der Waals surface area contributed by atoms with Crippen molar-refractivity contribution in [2.45, 2.75) is 19.9 Å². The van der Waals surface area contributed by atoms with Crippen molar-refractivity contribution in [1.82, 2.24) is 24.1 Å². The Labute approximate surface area is 184 Å². The first-order valence-electron chi connectivity index (χ1n) is 10.4. The number of fused-ring (bicyclic) bond motifs is 1. The number of aryl methyl sites for hydroxylation is 1. The van der Waals surface area contributed by atoms with Crippen molar-refractivity contribution in [3.8, 4) is 33.9 Å². The van der Waals surface area contributed by atoms with Crippen LogP contribution in [0.15, 0.2) is 71.8 Å². The normalized spacial score (nSPS) is 11.5. The minimum atomic E-state index is -0.297. The number of hydrogen-bond acceptors (Lipinski definition) is 3. The lowest BCUT2D eigenvalue weighted by Gasteiger charge is -2.07. The van der Waals surface area contributed by atoms with E-state index in [0.717, 1.165) is 39.1 Å². The molecule has 0 unspecified atom stereocenters. The van der Waals surface area contributed by atoms with Crippen LogP contribution >= 0.6 is 0 Å². The van der Waals surface area contributed by atoms with Gasteiger partial charge in [-0.3, -0.25) is 14.1 Å². The SMILES string of the molecule is CC(C)n1c(=O)n(C)c2cc(-c3nc(-c4cccnc4)[nH]c3-c3ccc(F)cc3)ccc21. The standard InChI is InChI=1S/C25H22FN5O/c1-15(2)31-20-11-8-17(13-21(20)30(3)25(31)32)23-22(16-6-9-19(26)10-7-16)28-24(29-23)18-5-4-12-27-14-18/h4-15H,1-3H3,(H,28,29). The molecule has 0 aliphatic rings. The van der Waals surface area contributed by atoms with Gasteiger partial charge in [-0.1, -0.05) is 6.07 Å². The van der Waals surface area contributed by atoms with E-state index in [0.29, 0.717) is 5.82 Å². The molecule has 160 valence electrons. The van der Waals surface area contributed by atoms with E-state index in [1.54, 1.807) is 40.7 Å². The van der Waals surface area contributed by atoms with Crippen molar-refractivity contribution in [3.05, 3.63) is 83.3 Å². The van der Waals surface area contributed by atoms with Crippen LogP contribution < -0.4 is 5.69 Å². The van der Waals surface area contributed by atoms with Crippen molar-refractivity contribution in [2.75, 3.05) is 0 Å². The summed E-state index contributed by atoms with van der Waals surface area (Å²) in [6.07, 6.45) is 3.45. The molecule has 0 saturated heterocycles. The molecule has 32 heavy (non-hydrogen) atoms. The van der Waals surface area contributed by atoms with Crippen LogP contribution in [0, 0.1) is 5.82 Å². The van der Waals surface area contributed by atoms with Gasteiger partial charge < -0.3 is 4.98 Å². The predicted octanol–water partition coefficient (Wildman–Crippen LogP) is 5.18. The molecule has 6 nitrogen and oxygen atoms in total. The van der Waals surface area contributed by atoms with Gasteiger partial charge in [-0.25, -0.2) is 14.2 Å². The molecule has 0 fully saturated rings. The Kier molecular flexibility index (Phi) is 4.74. The number of aromatic nitrogens is 5. The van der Waals surface area contributed by atoms with E-state index >= 15 is 0 Å². The molecular weight excluding hydrogens is 405 g/mol. The quantitative estimate of drug-likeness (QED) is 0.430. The summed E-state index contributed by atoms with van der Waals surface area (Å²) in [6.45, 7) is 3.99. The molecule has 0 saturated carbocycles. The number of imidazole rings is 2. The van der Waals surface area contributed by atoms with Crippen molar-refractivity contribution in [1.29, 1.82) is 0 Å². The van der Waals surface area contributed by atoms with Crippen LogP contribution in [0.2, 0.25) is 0 Å². The van der Waals surface area contributed by atoms with Crippen LogP contribution in [0.5, 0.6) is 0 Å². The van der Waals surface area contributed by atoms with Crippen LogP contribution in [0.3, 0.4) is 0 Å². The molecule has 3 aromatic heterocycles. The Morgan fingerprint density at radius 2 is 1.72 bits per heavy atom. The van der Waals surface area contributed by atoms with Gasteiger partial charge in [0.2, 0.25) is 0 Å². The molecule has 0 spiro atoms. The van der Waals surface area contributed by atoms with E-state index in [9.17, 15) is 9.18 Å². The second-order valence-corrected chi connectivity index (χ2v) is 8.07. The highest BCUT2D eigenvalue weighted by atomic mass is 19.1. The summed E-state index contributed by atoms with van der Waals surface area (Å²) < 4.78 is 17.0. The number of halogens is 1. The predicted molar refractivity (Wildman–Crippen MR) is 124 cm³/mol. The summed E-state index contributed by atoms with van der Waals surface area (Å²) in [5, 5.41) is 0. The van der Waals surface area contributed by atoms with Crippen molar-refractivity contribution < 1.29 is 4.39 Å². The fourth-order valence-electron chi connectivity index (χ4n) is 4.06. The monoisotopic (exact) mass is 427 g/mol. The lowest BCUT2D eigenvalue weighted by Crippen LogP contribution is -2.23. The highest BCUT2D eigenvalue weighted by molar-refractivity contribution is 5.87. The van der Waals surface area contributed by atoms with Crippen LogP contribution in [0.4, 0.5) is 4.39 Å². The summed E-state index contributed by atoms with van der Waals surface area (Å²) in [7, 11) is 1.78. The molecule has 2 aromatic carbocycles. The Morgan fingerprint density at radius 1 is 0.969 bits per heavy atom. The molecule has 5 aromatic rings. The van der Waals surface area contributed by atoms with Crippen molar-refractivity contribution in [2.24, 2.45) is 7.05 Å². The number of pyridine rings is 1. The van der Waals surface area contributed by atoms with E-state index in [2.05, 4.69) is 9.97 Å². The molecular formula is C25H22FN5O. The van der Waals surface area contributed by atoms with Crippen molar-refractivity contribution >= 4 is 11.0 Å². The molecule has 7 heteroatoms. The molecule has 0 aliphatic carbocycles. The first-order chi connectivity index (χ1) is 15.4. The number of benzene rings is 2. The zero-order chi connectivity index (χ0) is 22.4. The summed E-state index contributed by atoms with van der Waals surface area (Å²) in [5.74, 6) is 0.370. The fourth-order valence-corrected chi connectivity index (χ4v) is 4.06. The Balaban J connectivity index is 1.74. The molecule has 1 N–H and O–H groups in total. The van der Waals surface area contributed by atoms with Gasteiger partial charge in [0.15, 0.2) is 0 Å². The number of H-pyrrole nitrogens is 1. The largest absolute Gasteiger partial charge is 0.337 e. The van der Waals surface area contributed by atoms with Gasteiger partial charge in [0, 0.05) is 42.2 Å². The van der Waals surface area contributed by atoms with Crippen LogP contribution in [0.1, 0.15) is 19.9 Å². The van der Waals surface area contributed by atoms with E-state index in [4.69, 9.17) is 4.98 Å². The molecule has 0 aliphatic heterocycles. The minimum Gasteiger partial charge on any atom is -0.337 e. The van der Waals surface area contributed by atoms with E-state index in [1.165, 1.54) is 12.1 Å². The summed E-state index contributed by atoms with van der Waals surface area (Å²) in [6, 6.07) is 16.0. The fraction of sp³-hybridized carbons (Fsp3) is 0.160. The maximum Gasteiger partial charge on any atom is 0.329 e. The van der Waals surface area contributed by atoms with Crippen molar-refractivity contribution in [3.63, 3.8) is 0 Å². The topological polar surface area (TPSA) is 68.5 Å². The van der Waals surface area contributed by atoms with Gasteiger partial charge in [0.25, 0.3) is 0 Å². The Hall–Kier alpha value is -4.00. The number of nitrogens with one attached hydrogen (secondary N) is 1. The third-order valence-electron chi connectivity index (χ3n) is 5.65. The number of nitrogens with zero attached hydrogens (tertiary/aromatic N) is 4. The third-order valence-corrected chi connectivity index (χ3v) is 5.65. The third kappa shape index (κ3) is 3.22. The first-order valence-corrected chi connectivity index (χ1v) is 10.4. The molecule has 0 radical (unpaired) electrons. The van der Waals surface area contributed by atoms with Gasteiger partial charge >= 0.3 is 5.69 Å². The maximum absolute atomic E-state index is 13.6. The average Bonchev–Trinajstić information content (AvgIpc) is 3.35. The lowest BCUT2D eigenvalue weighted by atomic mass is 10.0. The van der Waals surface area contributed by atoms with Crippen LogP contribution in [-0.4, -0.2) is 24.1 Å². The van der Waals surface area contributed by atoms with E-state index < -0.39 is 0 Å². The van der Waals surface area contributed by atoms with Gasteiger partial charge in [-0.05, 0) is 62.4 Å². The number of aromatic amines is 1. The minimum absolute atomic E-state index is 0.0504. The summed E-state index contributed by atoms with van der Waals surface area (Å²) in [5.41, 5.74) is 5.68. The van der Waals surface area contributed by atoms with Gasteiger partial charge in [0.05, 0.1) is 22.4 Å². The van der Waals surface area contributed by atoms with E-state index in [-0.39, 0.29) is 17.5 Å². The van der Waals surface area contributed by atoms with Crippen LogP contribution in [-0.2, 0) is 7.05 Å². The zero-order valence-electron chi connectivity index (χ0n) is 18.0.